The van der Waals surface area contributed by atoms with Crippen LogP contribution in [0.1, 0.15) is 36.8 Å². The highest BCUT2D eigenvalue weighted by molar-refractivity contribution is 6.38. The summed E-state index contributed by atoms with van der Waals surface area (Å²) in [6.45, 7) is 5.59. The molecule has 0 saturated heterocycles. The van der Waals surface area contributed by atoms with E-state index < -0.39 is 28.0 Å². The smallest absolute Gasteiger partial charge is 0.433 e. The SMILES string of the molecule is CC.CCOC(=O)c1c(Cl)cc(C(F)(F)F)nc1Cl. The van der Waals surface area contributed by atoms with E-state index in [-0.39, 0.29) is 12.2 Å². The maximum Gasteiger partial charge on any atom is 0.433 e. The average Bonchev–Trinajstić information content (AvgIpc) is 2.29. The molecule has 19 heavy (non-hydrogen) atoms. The van der Waals surface area contributed by atoms with Crippen LogP contribution in [0.4, 0.5) is 13.2 Å². The van der Waals surface area contributed by atoms with Gasteiger partial charge >= 0.3 is 12.1 Å². The predicted molar refractivity (Wildman–Crippen MR) is 66.6 cm³/mol. The number of hydrogen-bond acceptors (Lipinski definition) is 3. The number of halogens is 5. The fraction of sp³-hybridized carbons (Fsp3) is 0.455. The molecule has 0 spiro atoms. The zero-order valence-electron chi connectivity index (χ0n) is 10.4. The molecule has 0 atom stereocenters. The molecule has 0 aliphatic heterocycles. The van der Waals surface area contributed by atoms with Gasteiger partial charge in [0.1, 0.15) is 16.4 Å². The van der Waals surface area contributed by atoms with Crippen molar-refractivity contribution in [3.8, 4) is 0 Å². The Kier molecular flexibility index (Phi) is 7.15. The van der Waals surface area contributed by atoms with Gasteiger partial charge in [0, 0.05) is 0 Å². The highest BCUT2D eigenvalue weighted by atomic mass is 35.5. The molecule has 3 nitrogen and oxygen atoms in total. The minimum atomic E-state index is -4.68. The number of ether oxygens (including phenoxy) is 1. The number of carbonyl (C=O) groups is 1. The Labute approximate surface area is 118 Å². The highest BCUT2D eigenvalue weighted by Crippen LogP contribution is 2.33. The summed E-state index contributed by atoms with van der Waals surface area (Å²) in [7, 11) is 0. The molecule has 108 valence electrons. The van der Waals surface area contributed by atoms with Gasteiger partial charge in [-0.25, -0.2) is 9.78 Å². The molecule has 0 saturated carbocycles. The van der Waals surface area contributed by atoms with Crippen LogP contribution in [0.5, 0.6) is 0 Å². The van der Waals surface area contributed by atoms with E-state index in [1.807, 2.05) is 13.8 Å². The number of pyridine rings is 1. The third kappa shape index (κ3) is 4.87. The summed E-state index contributed by atoms with van der Waals surface area (Å²) in [4.78, 5) is 14.4. The molecule has 0 unspecified atom stereocenters. The fourth-order valence-electron chi connectivity index (χ4n) is 1.01. The van der Waals surface area contributed by atoms with Crippen molar-refractivity contribution in [2.45, 2.75) is 26.9 Å². The van der Waals surface area contributed by atoms with E-state index in [1.54, 1.807) is 0 Å². The van der Waals surface area contributed by atoms with Crippen molar-refractivity contribution in [2.75, 3.05) is 6.61 Å². The first-order valence-electron chi connectivity index (χ1n) is 5.37. The monoisotopic (exact) mass is 317 g/mol. The van der Waals surface area contributed by atoms with Crippen molar-refractivity contribution in [1.82, 2.24) is 4.98 Å². The van der Waals surface area contributed by atoms with Crippen molar-refractivity contribution in [2.24, 2.45) is 0 Å². The second-order valence-electron chi connectivity index (χ2n) is 2.87. The van der Waals surface area contributed by atoms with Gasteiger partial charge in [0.25, 0.3) is 0 Å². The van der Waals surface area contributed by atoms with Crippen LogP contribution < -0.4 is 0 Å². The Morgan fingerprint density at radius 2 is 1.89 bits per heavy atom. The Morgan fingerprint density at radius 1 is 1.37 bits per heavy atom. The number of aromatic nitrogens is 1. The van der Waals surface area contributed by atoms with E-state index in [9.17, 15) is 18.0 Å². The molecular weight excluding hydrogens is 306 g/mol. The van der Waals surface area contributed by atoms with E-state index >= 15 is 0 Å². The number of alkyl halides is 3. The van der Waals surface area contributed by atoms with E-state index in [2.05, 4.69) is 9.72 Å². The Balaban J connectivity index is 0.00000154. The zero-order chi connectivity index (χ0) is 15.2. The van der Waals surface area contributed by atoms with Crippen LogP contribution in [0.3, 0.4) is 0 Å². The van der Waals surface area contributed by atoms with Crippen molar-refractivity contribution >= 4 is 29.2 Å². The van der Waals surface area contributed by atoms with Gasteiger partial charge in [-0.05, 0) is 13.0 Å². The predicted octanol–water partition coefficient (Wildman–Crippen LogP) is 4.61. The Hall–Kier alpha value is -1.01. The van der Waals surface area contributed by atoms with E-state index in [1.165, 1.54) is 6.92 Å². The first-order chi connectivity index (χ1) is 8.77. The highest BCUT2D eigenvalue weighted by Gasteiger charge is 2.34. The molecule has 1 aromatic heterocycles. The second kappa shape index (κ2) is 7.55. The van der Waals surface area contributed by atoms with Crippen molar-refractivity contribution in [3.63, 3.8) is 0 Å². The van der Waals surface area contributed by atoms with Crippen LogP contribution >= 0.6 is 23.2 Å². The molecular formula is C11H12Cl2F3NO2. The Bertz CT molecular complexity index is 427. The maximum absolute atomic E-state index is 12.3. The van der Waals surface area contributed by atoms with Crippen LogP contribution in [-0.2, 0) is 10.9 Å². The van der Waals surface area contributed by atoms with Gasteiger partial charge in [0.05, 0.1) is 11.6 Å². The van der Waals surface area contributed by atoms with Crippen LogP contribution in [0.15, 0.2) is 6.07 Å². The molecule has 0 fully saturated rings. The summed E-state index contributed by atoms with van der Waals surface area (Å²) in [6.07, 6.45) is -4.68. The summed E-state index contributed by atoms with van der Waals surface area (Å²) in [6, 6.07) is 0.527. The van der Waals surface area contributed by atoms with Gasteiger partial charge < -0.3 is 4.74 Å². The lowest BCUT2D eigenvalue weighted by Gasteiger charge is -2.10. The number of rotatable bonds is 2. The minimum Gasteiger partial charge on any atom is -0.462 e. The molecule has 0 N–H and O–H groups in total. The zero-order valence-corrected chi connectivity index (χ0v) is 11.9. The Morgan fingerprint density at radius 3 is 2.26 bits per heavy atom. The van der Waals surface area contributed by atoms with Gasteiger partial charge in [-0.3, -0.25) is 0 Å². The molecule has 0 aliphatic rings. The lowest BCUT2D eigenvalue weighted by atomic mass is 10.2. The van der Waals surface area contributed by atoms with Crippen LogP contribution in [-0.4, -0.2) is 17.6 Å². The lowest BCUT2D eigenvalue weighted by molar-refractivity contribution is -0.141. The second-order valence-corrected chi connectivity index (χ2v) is 3.64. The van der Waals surface area contributed by atoms with Crippen LogP contribution in [0, 0.1) is 0 Å². The van der Waals surface area contributed by atoms with Gasteiger partial charge in [0.15, 0.2) is 0 Å². The molecule has 8 heteroatoms. The van der Waals surface area contributed by atoms with Gasteiger partial charge in [0.2, 0.25) is 0 Å². The van der Waals surface area contributed by atoms with E-state index in [0.29, 0.717) is 6.07 Å². The van der Waals surface area contributed by atoms with Crippen LogP contribution in [0.25, 0.3) is 0 Å². The molecule has 0 aromatic carbocycles. The molecule has 0 bridgehead atoms. The molecule has 1 aromatic rings. The molecule has 0 aliphatic carbocycles. The fourth-order valence-corrected chi connectivity index (χ4v) is 1.60. The summed E-state index contributed by atoms with van der Waals surface area (Å²) in [5.41, 5.74) is -1.64. The third-order valence-corrected chi connectivity index (χ3v) is 2.27. The summed E-state index contributed by atoms with van der Waals surface area (Å²) < 4.78 is 41.6. The first kappa shape index (κ1) is 18.0. The van der Waals surface area contributed by atoms with Crippen LogP contribution in [0.2, 0.25) is 10.2 Å². The lowest BCUT2D eigenvalue weighted by Crippen LogP contribution is -2.12. The molecule has 0 amide bonds. The number of esters is 1. The summed E-state index contributed by atoms with van der Waals surface area (Å²) >= 11 is 11.0. The summed E-state index contributed by atoms with van der Waals surface area (Å²) in [5.74, 6) is -0.913. The van der Waals surface area contributed by atoms with Crippen molar-refractivity contribution in [3.05, 3.63) is 27.5 Å². The summed E-state index contributed by atoms with van der Waals surface area (Å²) in [5, 5.41) is -1.08. The minimum absolute atomic E-state index is 0.0481. The van der Waals surface area contributed by atoms with Gasteiger partial charge in [-0.2, -0.15) is 13.2 Å². The molecule has 1 rings (SSSR count). The number of nitrogens with zero attached hydrogens (tertiary/aromatic N) is 1. The van der Waals surface area contributed by atoms with Gasteiger partial charge in [-0.15, -0.1) is 0 Å². The van der Waals surface area contributed by atoms with Gasteiger partial charge in [-0.1, -0.05) is 37.0 Å². The van der Waals surface area contributed by atoms with E-state index in [0.717, 1.165) is 0 Å². The molecule has 1 heterocycles. The maximum atomic E-state index is 12.3. The molecule has 0 radical (unpaired) electrons. The normalized spacial score (nSPS) is 10.5. The average molecular weight is 318 g/mol. The third-order valence-electron chi connectivity index (χ3n) is 1.70. The topological polar surface area (TPSA) is 39.2 Å². The van der Waals surface area contributed by atoms with Crippen molar-refractivity contribution in [1.29, 1.82) is 0 Å². The quantitative estimate of drug-likeness (QED) is 0.590. The standard InChI is InChI=1S/C9H6Cl2F3NO2.C2H6/c1-2-17-8(16)6-4(10)3-5(9(12,13)14)15-7(6)11;1-2/h3H,2H2,1H3;1-2H3. The first-order valence-corrected chi connectivity index (χ1v) is 6.13. The number of hydrogen-bond donors (Lipinski definition) is 0. The number of carbonyl (C=O) groups excluding carboxylic acids is 1. The largest absolute Gasteiger partial charge is 0.462 e. The van der Waals surface area contributed by atoms with Crippen molar-refractivity contribution < 1.29 is 22.7 Å². The van der Waals surface area contributed by atoms with E-state index in [4.69, 9.17) is 23.2 Å².